The molecule has 0 saturated heterocycles. The summed E-state index contributed by atoms with van der Waals surface area (Å²) in [5, 5.41) is 9.48. The molecule has 1 aromatic rings. The maximum absolute atomic E-state index is 9.48. The predicted octanol–water partition coefficient (Wildman–Crippen LogP) is 3.67. The third-order valence-electron chi connectivity index (χ3n) is 4.18. The third kappa shape index (κ3) is 3.05. The van der Waals surface area contributed by atoms with Gasteiger partial charge in [-0.05, 0) is 42.4 Å². The van der Waals surface area contributed by atoms with Gasteiger partial charge < -0.3 is 9.84 Å². The Morgan fingerprint density at radius 3 is 2.39 bits per heavy atom. The zero-order valence-corrected chi connectivity index (χ0v) is 11.6. The summed E-state index contributed by atoms with van der Waals surface area (Å²) in [6.45, 7) is 6.73. The highest BCUT2D eigenvalue weighted by molar-refractivity contribution is 5.31. The minimum atomic E-state index is -0.173. The zero-order valence-electron chi connectivity index (χ0n) is 11.6. The lowest BCUT2D eigenvalue weighted by Gasteiger charge is -2.23. The third-order valence-corrected chi connectivity index (χ3v) is 4.18. The number of hydrogen-bond acceptors (Lipinski definition) is 2. The van der Waals surface area contributed by atoms with Crippen LogP contribution in [0.2, 0.25) is 0 Å². The Hall–Kier alpha value is -1.02. The summed E-state index contributed by atoms with van der Waals surface area (Å²) >= 11 is 0. The molecule has 1 saturated carbocycles. The molecule has 1 N–H and O–H groups in total. The van der Waals surface area contributed by atoms with E-state index in [1.165, 1.54) is 5.56 Å². The van der Waals surface area contributed by atoms with Crippen LogP contribution in [0.4, 0.5) is 0 Å². The molecule has 2 nitrogen and oxygen atoms in total. The molecule has 18 heavy (non-hydrogen) atoms. The summed E-state index contributed by atoms with van der Waals surface area (Å²) in [5.41, 5.74) is 1.58. The molecule has 0 aliphatic heterocycles. The number of ether oxygens (including phenoxy) is 1. The number of aliphatic hydroxyl groups is 1. The molecule has 1 fully saturated rings. The van der Waals surface area contributed by atoms with Gasteiger partial charge in [-0.2, -0.15) is 0 Å². The topological polar surface area (TPSA) is 29.5 Å². The molecule has 0 bridgehead atoms. The van der Waals surface area contributed by atoms with Gasteiger partial charge in [0.25, 0.3) is 0 Å². The molecule has 0 spiro atoms. The Kier molecular flexibility index (Phi) is 3.96. The van der Waals surface area contributed by atoms with E-state index in [1.807, 2.05) is 0 Å². The van der Waals surface area contributed by atoms with Crippen molar-refractivity contribution >= 4 is 0 Å². The number of aliphatic hydroxyl groups excluding tert-OH is 1. The van der Waals surface area contributed by atoms with Crippen molar-refractivity contribution in [3.8, 4) is 5.75 Å². The summed E-state index contributed by atoms with van der Waals surface area (Å²) < 4.78 is 5.89. The maximum Gasteiger partial charge on any atom is 0.119 e. The fourth-order valence-electron chi connectivity index (χ4n) is 2.41. The van der Waals surface area contributed by atoms with E-state index < -0.39 is 0 Å². The monoisotopic (exact) mass is 248 g/mol. The second kappa shape index (κ2) is 5.31. The Bertz CT molecular complexity index is 381. The Balaban J connectivity index is 2.00. The van der Waals surface area contributed by atoms with Crippen molar-refractivity contribution in [2.75, 3.05) is 0 Å². The largest absolute Gasteiger partial charge is 0.490 e. The van der Waals surface area contributed by atoms with Gasteiger partial charge in [-0.1, -0.05) is 32.9 Å². The van der Waals surface area contributed by atoms with Crippen molar-refractivity contribution in [1.29, 1.82) is 0 Å². The van der Waals surface area contributed by atoms with Crippen molar-refractivity contribution in [3.63, 3.8) is 0 Å². The normalized spacial score (nSPS) is 24.2. The first-order valence-corrected chi connectivity index (χ1v) is 6.96. The standard InChI is InChI=1S/C16H24O2/c1-4-16(2,3)12-5-8-14(9-6-12)18-15-10-7-13(17)11-15/h5-6,8-9,13,15,17H,4,7,10-11H2,1-3H3. The second-order valence-electron chi connectivity index (χ2n) is 5.97. The number of benzene rings is 1. The summed E-state index contributed by atoms with van der Waals surface area (Å²) in [6, 6.07) is 8.42. The fraction of sp³-hybridized carbons (Fsp3) is 0.625. The highest BCUT2D eigenvalue weighted by Gasteiger charge is 2.24. The van der Waals surface area contributed by atoms with E-state index in [1.54, 1.807) is 0 Å². The lowest BCUT2D eigenvalue weighted by Crippen LogP contribution is -2.16. The molecule has 2 heteroatoms. The van der Waals surface area contributed by atoms with Gasteiger partial charge in [-0.25, -0.2) is 0 Å². The van der Waals surface area contributed by atoms with Gasteiger partial charge in [0.15, 0.2) is 0 Å². The lowest BCUT2D eigenvalue weighted by atomic mass is 9.82. The lowest BCUT2D eigenvalue weighted by molar-refractivity contribution is 0.150. The maximum atomic E-state index is 9.48. The van der Waals surface area contributed by atoms with E-state index in [-0.39, 0.29) is 17.6 Å². The van der Waals surface area contributed by atoms with Crippen LogP contribution in [0.15, 0.2) is 24.3 Å². The van der Waals surface area contributed by atoms with Crippen molar-refractivity contribution in [3.05, 3.63) is 29.8 Å². The van der Waals surface area contributed by atoms with Crippen LogP contribution in [-0.2, 0) is 5.41 Å². The number of rotatable bonds is 4. The first-order valence-electron chi connectivity index (χ1n) is 6.96. The van der Waals surface area contributed by atoms with Gasteiger partial charge in [0.2, 0.25) is 0 Å². The summed E-state index contributed by atoms with van der Waals surface area (Å²) in [7, 11) is 0. The van der Waals surface area contributed by atoms with Crippen LogP contribution in [0.3, 0.4) is 0 Å². The average molecular weight is 248 g/mol. The minimum Gasteiger partial charge on any atom is -0.490 e. The van der Waals surface area contributed by atoms with Gasteiger partial charge in [0.1, 0.15) is 11.9 Å². The van der Waals surface area contributed by atoms with E-state index in [4.69, 9.17) is 4.74 Å². The molecule has 1 aliphatic carbocycles. The second-order valence-corrected chi connectivity index (χ2v) is 5.97. The van der Waals surface area contributed by atoms with Crippen LogP contribution in [0, 0.1) is 0 Å². The van der Waals surface area contributed by atoms with Crippen molar-refractivity contribution in [1.82, 2.24) is 0 Å². The van der Waals surface area contributed by atoms with E-state index in [9.17, 15) is 5.11 Å². The summed E-state index contributed by atoms with van der Waals surface area (Å²) in [4.78, 5) is 0. The Morgan fingerprint density at radius 1 is 1.22 bits per heavy atom. The average Bonchev–Trinajstić information content (AvgIpc) is 2.75. The molecule has 0 amide bonds. The SMILES string of the molecule is CCC(C)(C)c1ccc(OC2CCC(O)C2)cc1. The molecule has 1 aromatic carbocycles. The highest BCUT2D eigenvalue weighted by atomic mass is 16.5. The first-order chi connectivity index (χ1) is 8.51. The zero-order chi connectivity index (χ0) is 13.2. The van der Waals surface area contributed by atoms with Crippen molar-refractivity contribution in [2.24, 2.45) is 0 Å². The molecule has 2 unspecified atom stereocenters. The van der Waals surface area contributed by atoms with Crippen LogP contribution in [0.5, 0.6) is 5.75 Å². The number of hydrogen-bond donors (Lipinski definition) is 1. The van der Waals surface area contributed by atoms with Crippen LogP contribution in [0.1, 0.15) is 52.0 Å². The van der Waals surface area contributed by atoms with Crippen molar-refractivity contribution < 1.29 is 9.84 Å². The minimum absolute atomic E-state index is 0.173. The molecule has 0 aromatic heterocycles. The molecule has 1 aliphatic rings. The Morgan fingerprint density at radius 2 is 1.89 bits per heavy atom. The smallest absolute Gasteiger partial charge is 0.119 e. The molecule has 0 radical (unpaired) electrons. The summed E-state index contributed by atoms with van der Waals surface area (Å²) in [6.07, 6.45) is 3.73. The molecule has 2 rings (SSSR count). The molecular weight excluding hydrogens is 224 g/mol. The molecular formula is C16H24O2. The quantitative estimate of drug-likeness (QED) is 0.881. The molecule has 2 atom stereocenters. The van der Waals surface area contributed by atoms with Crippen molar-refractivity contribution in [2.45, 2.75) is 64.1 Å². The van der Waals surface area contributed by atoms with E-state index in [0.717, 1.165) is 31.4 Å². The molecule has 0 heterocycles. The predicted molar refractivity (Wildman–Crippen MR) is 74.0 cm³/mol. The van der Waals surface area contributed by atoms with E-state index >= 15 is 0 Å². The van der Waals surface area contributed by atoms with Crippen LogP contribution in [0.25, 0.3) is 0 Å². The van der Waals surface area contributed by atoms with Gasteiger partial charge in [0.05, 0.1) is 6.10 Å². The van der Waals surface area contributed by atoms with Crippen LogP contribution < -0.4 is 4.74 Å². The van der Waals surface area contributed by atoms with Gasteiger partial charge in [-0.3, -0.25) is 0 Å². The van der Waals surface area contributed by atoms with Gasteiger partial charge in [0, 0.05) is 6.42 Å². The van der Waals surface area contributed by atoms with E-state index in [2.05, 4.69) is 45.0 Å². The fourth-order valence-corrected chi connectivity index (χ4v) is 2.41. The summed E-state index contributed by atoms with van der Waals surface area (Å²) in [5.74, 6) is 0.921. The van der Waals surface area contributed by atoms with Gasteiger partial charge in [-0.15, -0.1) is 0 Å². The Labute approximate surface area is 110 Å². The first kappa shape index (κ1) is 13.4. The molecule has 100 valence electrons. The van der Waals surface area contributed by atoms with Crippen LogP contribution in [-0.4, -0.2) is 17.3 Å². The van der Waals surface area contributed by atoms with Crippen LogP contribution >= 0.6 is 0 Å². The van der Waals surface area contributed by atoms with Gasteiger partial charge >= 0.3 is 0 Å². The van der Waals surface area contributed by atoms with E-state index in [0.29, 0.717) is 0 Å². The highest BCUT2D eigenvalue weighted by Crippen LogP contribution is 2.29.